The van der Waals surface area contributed by atoms with Gasteiger partial charge in [-0.2, -0.15) is 0 Å². The number of nitrogens with one attached hydrogen (secondary N) is 3. The van der Waals surface area contributed by atoms with Crippen LogP contribution < -0.4 is 10.0 Å². The van der Waals surface area contributed by atoms with Gasteiger partial charge in [-0.05, 0) is 57.5 Å². The number of hydrogen-bond acceptors (Lipinski definition) is 4. The number of hydrogen-bond donors (Lipinski definition) is 3. The van der Waals surface area contributed by atoms with E-state index in [4.69, 9.17) is 0 Å². The van der Waals surface area contributed by atoms with E-state index in [1.165, 1.54) is 12.1 Å². The van der Waals surface area contributed by atoms with E-state index < -0.39 is 15.6 Å². The van der Waals surface area contributed by atoms with E-state index in [1.54, 1.807) is 33.8 Å². The van der Waals surface area contributed by atoms with E-state index in [0.29, 0.717) is 24.1 Å². The highest BCUT2D eigenvalue weighted by Crippen LogP contribution is 2.18. The van der Waals surface area contributed by atoms with Crippen LogP contribution in [0, 0.1) is 6.92 Å². The SMILES string of the molecule is Cc1ccc(S(=O)(=O)NC(C)(C)C)cc1C(=O)NCCc1nc2ccccc2[nH]1. The zero-order valence-corrected chi connectivity index (χ0v) is 17.9. The first-order valence-electron chi connectivity index (χ1n) is 9.42. The lowest BCUT2D eigenvalue weighted by Crippen LogP contribution is -2.40. The molecular formula is C21H26N4O3S. The predicted molar refractivity (Wildman–Crippen MR) is 113 cm³/mol. The number of aryl methyl sites for hydroxylation is 1. The largest absolute Gasteiger partial charge is 0.352 e. The molecule has 0 saturated carbocycles. The van der Waals surface area contributed by atoms with Crippen LogP contribution in [0.5, 0.6) is 0 Å². The van der Waals surface area contributed by atoms with Gasteiger partial charge in [0.2, 0.25) is 10.0 Å². The van der Waals surface area contributed by atoms with E-state index in [9.17, 15) is 13.2 Å². The molecule has 1 aromatic heterocycles. The summed E-state index contributed by atoms with van der Waals surface area (Å²) in [5, 5.41) is 2.85. The van der Waals surface area contributed by atoms with Crippen LogP contribution in [0.4, 0.5) is 0 Å². The Kier molecular flexibility index (Phi) is 5.77. The van der Waals surface area contributed by atoms with Crippen molar-refractivity contribution in [3.63, 3.8) is 0 Å². The van der Waals surface area contributed by atoms with Crippen molar-refractivity contribution in [2.45, 2.75) is 44.6 Å². The molecule has 3 aromatic rings. The minimum atomic E-state index is -3.71. The van der Waals surface area contributed by atoms with Gasteiger partial charge in [0.1, 0.15) is 5.82 Å². The number of benzene rings is 2. The highest BCUT2D eigenvalue weighted by atomic mass is 32.2. The molecule has 29 heavy (non-hydrogen) atoms. The molecule has 0 fully saturated rings. The lowest BCUT2D eigenvalue weighted by atomic mass is 10.1. The van der Waals surface area contributed by atoms with Gasteiger partial charge in [0.05, 0.1) is 15.9 Å². The summed E-state index contributed by atoms with van der Waals surface area (Å²) in [7, 11) is -3.71. The molecule has 1 amide bonds. The summed E-state index contributed by atoms with van der Waals surface area (Å²) in [5.74, 6) is 0.473. The molecule has 3 rings (SSSR count). The van der Waals surface area contributed by atoms with Gasteiger partial charge in [0, 0.05) is 24.1 Å². The maximum absolute atomic E-state index is 12.6. The van der Waals surface area contributed by atoms with Crippen molar-refractivity contribution in [3.8, 4) is 0 Å². The molecule has 154 valence electrons. The Hall–Kier alpha value is -2.71. The number of amides is 1. The van der Waals surface area contributed by atoms with Crippen LogP contribution in [-0.2, 0) is 16.4 Å². The summed E-state index contributed by atoms with van der Waals surface area (Å²) >= 11 is 0. The molecule has 3 N–H and O–H groups in total. The van der Waals surface area contributed by atoms with Crippen LogP contribution in [0.3, 0.4) is 0 Å². The molecule has 0 saturated heterocycles. The molecule has 7 nitrogen and oxygen atoms in total. The fraction of sp³-hybridized carbons (Fsp3) is 0.333. The van der Waals surface area contributed by atoms with Crippen molar-refractivity contribution in [1.82, 2.24) is 20.0 Å². The van der Waals surface area contributed by atoms with Crippen LogP contribution in [-0.4, -0.2) is 36.4 Å². The first kappa shape index (κ1) is 21.0. The fourth-order valence-electron chi connectivity index (χ4n) is 2.99. The monoisotopic (exact) mass is 414 g/mol. The summed E-state index contributed by atoms with van der Waals surface area (Å²) in [4.78, 5) is 20.4. The lowest BCUT2D eigenvalue weighted by Gasteiger charge is -2.20. The number of H-pyrrole nitrogens is 1. The van der Waals surface area contributed by atoms with E-state index in [0.717, 1.165) is 16.9 Å². The number of para-hydroxylation sites is 2. The summed E-state index contributed by atoms with van der Waals surface area (Å²) in [6.45, 7) is 7.47. The molecule has 8 heteroatoms. The lowest BCUT2D eigenvalue weighted by molar-refractivity contribution is 0.0953. The average molecular weight is 415 g/mol. The van der Waals surface area contributed by atoms with E-state index in [2.05, 4.69) is 20.0 Å². The number of rotatable bonds is 6. The Morgan fingerprint density at radius 3 is 2.55 bits per heavy atom. The minimum absolute atomic E-state index is 0.0699. The summed E-state index contributed by atoms with van der Waals surface area (Å²) in [6.07, 6.45) is 0.545. The Morgan fingerprint density at radius 2 is 1.86 bits per heavy atom. The molecule has 0 unspecified atom stereocenters. The van der Waals surface area contributed by atoms with Gasteiger partial charge in [-0.1, -0.05) is 18.2 Å². The normalized spacial score (nSPS) is 12.3. The maximum Gasteiger partial charge on any atom is 0.251 e. The number of aromatic amines is 1. The number of sulfonamides is 1. The smallest absolute Gasteiger partial charge is 0.251 e. The first-order chi connectivity index (χ1) is 13.5. The number of imidazole rings is 1. The highest BCUT2D eigenvalue weighted by Gasteiger charge is 2.23. The summed E-state index contributed by atoms with van der Waals surface area (Å²) in [6, 6.07) is 12.3. The van der Waals surface area contributed by atoms with E-state index in [1.807, 2.05) is 24.3 Å². The number of fused-ring (bicyclic) bond motifs is 1. The number of aromatic nitrogens is 2. The van der Waals surface area contributed by atoms with Gasteiger partial charge in [-0.25, -0.2) is 18.1 Å². The van der Waals surface area contributed by atoms with Crippen LogP contribution in [0.1, 0.15) is 42.5 Å². The van der Waals surface area contributed by atoms with Crippen molar-refractivity contribution in [1.29, 1.82) is 0 Å². The van der Waals surface area contributed by atoms with Crippen LogP contribution in [0.2, 0.25) is 0 Å². The molecule has 2 aromatic carbocycles. The average Bonchev–Trinajstić information content (AvgIpc) is 3.02. The van der Waals surface area contributed by atoms with Crippen molar-refractivity contribution in [2.75, 3.05) is 6.54 Å². The maximum atomic E-state index is 12.6. The Balaban J connectivity index is 1.70. The van der Waals surface area contributed by atoms with Crippen LogP contribution in [0.25, 0.3) is 11.0 Å². The zero-order valence-electron chi connectivity index (χ0n) is 17.0. The van der Waals surface area contributed by atoms with Gasteiger partial charge >= 0.3 is 0 Å². The third-order valence-corrected chi connectivity index (χ3v) is 6.05. The minimum Gasteiger partial charge on any atom is -0.352 e. The number of nitrogens with zero attached hydrogens (tertiary/aromatic N) is 1. The third-order valence-electron chi connectivity index (χ3n) is 4.29. The van der Waals surface area contributed by atoms with E-state index >= 15 is 0 Å². The predicted octanol–water partition coefficient (Wildman–Crippen LogP) is 2.92. The second-order valence-corrected chi connectivity index (χ2v) is 9.72. The van der Waals surface area contributed by atoms with Crippen molar-refractivity contribution in [3.05, 3.63) is 59.4 Å². The molecule has 0 atom stereocenters. The molecule has 0 aliphatic rings. The third kappa shape index (κ3) is 5.21. The summed E-state index contributed by atoms with van der Waals surface area (Å²) < 4.78 is 27.7. The number of carbonyl (C=O) groups excluding carboxylic acids is 1. The molecule has 0 aliphatic heterocycles. The van der Waals surface area contributed by atoms with E-state index in [-0.39, 0.29) is 10.8 Å². The molecule has 0 bridgehead atoms. The van der Waals surface area contributed by atoms with Crippen molar-refractivity contribution in [2.24, 2.45) is 0 Å². The van der Waals surface area contributed by atoms with Crippen molar-refractivity contribution >= 4 is 27.0 Å². The quantitative estimate of drug-likeness (QED) is 0.577. The second-order valence-electron chi connectivity index (χ2n) is 8.04. The van der Waals surface area contributed by atoms with Gasteiger partial charge in [-0.15, -0.1) is 0 Å². The Morgan fingerprint density at radius 1 is 1.14 bits per heavy atom. The Bertz CT molecular complexity index is 1110. The standard InChI is InChI=1S/C21H26N4O3S/c1-14-9-10-15(29(27,28)25-21(2,3)4)13-16(14)20(26)22-12-11-19-23-17-7-5-6-8-18(17)24-19/h5-10,13,25H,11-12H2,1-4H3,(H,22,26)(H,23,24). The summed E-state index contributed by atoms with van der Waals surface area (Å²) in [5.41, 5.74) is 2.27. The zero-order chi connectivity index (χ0) is 21.2. The topological polar surface area (TPSA) is 104 Å². The van der Waals surface area contributed by atoms with Gasteiger partial charge in [0.25, 0.3) is 5.91 Å². The second kappa shape index (κ2) is 7.96. The van der Waals surface area contributed by atoms with Crippen molar-refractivity contribution < 1.29 is 13.2 Å². The van der Waals surface area contributed by atoms with Crippen LogP contribution in [0.15, 0.2) is 47.4 Å². The Labute approximate surface area is 171 Å². The first-order valence-corrected chi connectivity index (χ1v) is 10.9. The molecule has 0 aliphatic carbocycles. The van der Waals surface area contributed by atoms with Gasteiger partial charge < -0.3 is 10.3 Å². The fourth-order valence-corrected chi connectivity index (χ4v) is 4.43. The molecule has 1 heterocycles. The molecular weight excluding hydrogens is 388 g/mol. The van der Waals surface area contributed by atoms with Gasteiger partial charge in [0.15, 0.2) is 0 Å². The van der Waals surface area contributed by atoms with Gasteiger partial charge in [-0.3, -0.25) is 4.79 Å². The molecule has 0 radical (unpaired) electrons. The number of carbonyl (C=O) groups is 1. The highest BCUT2D eigenvalue weighted by molar-refractivity contribution is 7.89. The molecule has 0 spiro atoms. The van der Waals surface area contributed by atoms with Crippen LogP contribution >= 0.6 is 0 Å².